The molecule has 0 bridgehead atoms. The molecule has 2 aromatic rings. The number of nitrogens with one attached hydrogen (secondary N) is 1. The Hall–Kier alpha value is -1.61. The first-order valence-electron chi connectivity index (χ1n) is 5.99. The van der Waals surface area contributed by atoms with E-state index in [4.69, 9.17) is 4.74 Å². The standard InChI is InChI=1S/C14H16N2O/c1-17-12-7-11(8-12)16-14-4-2-3-10-5-6-15-9-13(10)14/h2-6,9,11-12,16H,7-8H2,1H3. The van der Waals surface area contributed by atoms with Gasteiger partial charge in [-0.1, -0.05) is 12.1 Å². The fraction of sp³-hybridized carbons (Fsp3) is 0.357. The summed E-state index contributed by atoms with van der Waals surface area (Å²) >= 11 is 0. The molecule has 1 aromatic carbocycles. The summed E-state index contributed by atoms with van der Waals surface area (Å²) < 4.78 is 5.29. The fourth-order valence-corrected chi connectivity index (χ4v) is 2.34. The highest BCUT2D eigenvalue weighted by atomic mass is 16.5. The van der Waals surface area contributed by atoms with Gasteiger partial charge in [-0.25, -0.2) is 0 Å². The molecule has 17 heavy (non-hydrogen) atoms. The van der Waals surface area contributed by atoms with Crippen molar-refractivity contribution in [1.29, 1.82) is 0 Å². The van der Waals surface area contributed by atoms with Crippen molar-refractivity contribution in [1.82, 2.24) is 4.98 Å². The second kappa shape index (κ2) is 4.34. The van der Waals surface area contributed by atoms with Crippen molar-refractivity contribution in [3.8, 4) is 0 Å². The van der Waals surface area contributed by atoms with Gasteiger partial charge in [0.1, 0.15) is 0 Å². The summed E-state index contributed by atoms with van der Waals surface area (Å²) in [6.45, 7) is 0. The van der Waals surface area contributed by atoms with Gasteiger partial charge in [0.25, 0.3) is 0 Å². The van der Waals surface area contributed by atoms with E-state index in [1.807, 2.05) is 18.5 Å². The Balaban J connectivity index is 1.81. The topological polar surface area (TPSA) is 34.1 Å². The Morgan fingerprint density at radius 3 is 3.00 bits per heavy atom. The second-order valence-corrected chi connectivity index (χ2v) is 4.57. The van der Waals surface area contributed by atoms with Crippen LogP contribution in [0.15, 0.2) is 36.7 Å². The average Bonchev–Trinajstić information content (AvgIpc) is 2.33. The first-order chi connectivity index (χ1) is 8.36. The highest BCUT2D eigenvalue weighted by Crippen LogP contribution is 2.29. The quantitative estimate of drug-likeness (QED) is 0.877. The lowest BCUT2D eigenvalue weighted by atomic mass is 9.89. The van der Waals surface area contributed by atoms with Crippen molar-refractivity contribution in [2.45, 2.75) is 25.0 Å². The summed E-state index contributed by atoms with van der Waals surface area (Å²) in [7, 11) is 1.78. The van der Waals surface area contributed by atoms with Gasteiger partial charge in [0.2, 0.25) is 0 Å². The lowest BCUT2D eigenvalue weighted by molar-refractivity contribution is 0.0329. The number of fused-ring (bicyclic) bond motifs is 1. The number of ether oxygens (including phenoxy) is 1. The third-order valence-corrected chi connectivity index (χ3v) is 3.47. The van der Waals surface area contributed by atoms with E-state index in [1.165, 1.54) is 16.5 Å². The van der Waals surface area contributed by atoms with Crippen LogP contribution < -0.4 is 5.32 Å². The largest absolute Gasteiger partial charge is 0.382 e. The number of nitrogens with zero attached hydrogens (tertiary/aromatic N) is 1. The molecule has 3 heteroatoms. The molecule has 3 nitrogen and oxygen atoms in total. The van der Waals surface area contributed by atoms with Gasteiger partial charge >= 0.3 is 0 Å². The predicted octanol–water partition coefficient (Wildman–Crippen LogP) is 2.82. The van der Waals surface area contributed by atoms with E-state index in [0.29, 0.717) is 12.1 Å². The Bertz CT molecular complexity index is 515. The number of benzene rings is 1. The van der Waals surface area contributed by atoms with Crippen molar-refractivity contribution < 1.29 is 4.74 Å². The van der Waals surface area contributed by atoms with Crippen LogP contribution in [-0.4, -0.2) is 24.2 Å². The van der Waals surface area contributed by atoms with Crippen LogP contribution >= 0.6 is 0 Å². The minimum atomic E-state index is 0.431. The number of rotatable bonds is 3. The lowest BCUT2D eigenvalue weighted by Crippen LogP contribution is -2.40. The molecule has 1 aliphatic carbocycles. The molecule has 0 amide bonds. The summed E-state index contributed by atoms with van der Waals surface area (Å²) in [6.07, 6.45) is 6.36. The van der Waals surface area contributed by atoms with Crippen molar-refractivity contribution in [3.05, 3.63) is 36.7 Å². The predicted molar refractivity (Wildman–Crippen MR) is 69.2 cm³/mol. The summed E-state index contributed by atoms with van der Waals surface area (Å²) in [5.74, 6) is 0. The summed E-state index contributed by atoms with van der Waals surface area (Å²) in [6, 6.07) is 8.88. The van der Waals surface area contributed by atoms with Crippen LogP contribution in [0.5, 0.6) is 0 Å². The van der Waals surface area contributed by atoms with Crippen molar-refractivity contribution >= 4 is 16.5 Å². The molecule has 0 unspecified atom stereocenters. The van der Waals surface area contributed by atoms with Crippen LogP contribution in [0, 0.1) is 0 Å². The molecule has 1 aromatic heterocycles. The number of anilines is 1. The van der Waals surface area contributed by atoms with Gasteiger partial charge in [-0.05, 0) is 30.4 Å². The molecule has 88 valence electrons. The van der Waals surface area contributed by atoms with E-state index in [9.17, 15) is 0 Å². The minimum absolute atomic E-state index is 0.431. The van der Waals surface area contributed by atoms with E-state index in [-0.39, 0.29) is 0 Å². The third kappa shape index (κ3) is 1.98. The van der Waals surface area contributed by atoms with Gasteiger partial charge in [0, 0.05) is 36.6 Å². The molecule has 1 fully saturated rings. The van der Waals surface area contributed by atoms with Gasteiger partial charge in [-0.15, -0.1) is 0 Å². The van der Waals surface area contributed by atoms with Crippen molar-refractivity contribution in [2.24, 2.45) is 0 Å². The molecule has 3 rings (SSSR count). The summed E-state index contributed by atoms with van der Waals surface area (Å²) in [5.41, 5.74) is 1.18. The number of pyridine rings is 1. The maximum atomic E-state index is 5.29. The highest BCUT2D eigenvalue weighted by molar-refractivity contribution is 5.93. The van der Waals surface area contributed by atoms with Crippen LogP contribution in [0.2, 0.25) is 0 Å². The molecule has 0 atom stereocenters. The van der Waals surface area contributed by atoms with E-state index in [1.54, 1.807) is 7.11 Å². The van der Waals surface area contributed by atoms with Crippen LogP contribution in [-0.2, 0) is 4.74 Å². The van der Waals surface area contributed by atoms with Crippen LogP contribution in [0.3, 0.4) is 0 Å². The molecular formula is C14H16N2O. The van der Waals surface area contributed by atoms with Crippen LogP contribution in [0.1, 0.15) is 12.8 Å². The zero-order chi connectivity index (χ0) is 11.7. The van der Waals surface area contributed by atoms with Gasteiger partial charge in [0.05, 0.1) is 6.10 Å². The maximum absolute atomic E-state index is 5.29. The SMILES string of the molecule is COC1CC(Nc2cccc3ccncc23)C1. The molecule has 1 saturated carbocycles. The Labute approximate surface area is 101 Å². The highest BCUT2D eigenvalue weighted by Gasteiger charge is 2.28. The fourth-order valence-electron chi connectivity index (χ4n) is 2.34. The molecule has 0 aliphatic heterocycles. The third-order valence-electron chi connectivity index (χ3n) is 3.47. The van der Waals surface area contributed by atoms with E-state index in [0.717, 1.165) is 12.8 Å². The number of methoxy groups -OCH3 is 1. The number of hydrogen-bond acceptors (Lipinski definition) is 3. The van der Waals surface area contributed by atoms with Crippen LogP contribution in [0.4, 0.5) is 5.69 Å². The lowest BCUT2D eigenvalue weighted by Gasteiger charge is -2.35. The Kier molecular flexibility index (Phi) is 2.69. The molecule has 1 N–H and O–H groups in total. The molecule has 1 aliphatic rings. The Morgan fingerprint density at radius 1 is 1.29 bits per heavy atom. The molecule has 1 heterocycles. The smallest absolute Gasteiger partial charge is 0.0610 e. The van der Waals surface area contributed by atoms with Gasteiger partial charge in [0.15, 0.2) is 0 Å². The molecular weight excluding hydrogens is 212 g/mol. The zero-order valence-electron chi connectivity index (χ0n) is 9.89. The van der Waals surface area contributed by atoms with Gasteiger partial charge in [-0.2, -0.15) is 0 Å². The molecule has 0 spiro atoms. The molecule has 0 radical (unpaired) electrons. The maximum Gasteiger partial charge on any atom is 0.0610 e. The minimum Gasteiger partial charge on any atom is -0.382 e. The monoisotopic (exact) mass is 228 g/mol. The first-order valence-corrected chi connectivity index (χ1v) is 5.99. The van der Waals surface area contributed by atoms with E-state index >= 15 is 0 Å². The number of aromatic nitrogens is 1. The summed E-state index contributed by atoms with van der Waals surface area (Å²) in [4.78, 5) is 4.19. The van der Waals surface area contributed by atoms with Crippen molar-refractivity contribution in [3.63, 3.8) is 0 Å². The Morgan fingerprint density at radius 2 is 2.18 bits per heavy atom. The molecule has 0 saturated heterocycles. The first kappa shape index (κ1) is 10.5. The number of hydrogen-bond donors (Lipinski definition) is 1. The van der Waals surface area contributed by atoms with E-state index in [2.05, 4.69) is 28.5 Å². The zero-order valence-corrected chi connectivity index (χ0v) is 9.89. The van der Waals surface area contributed by atoms with Gasteiger partial charge in [-0.3, -0.25) is 4.98 Å². The normalized spacial score (nSPS) is 23.4. The van der Waals surface area contributed by atoms with Crippen molar-refractivity contribution in [2.75, 3.05) is 12.4 Å². The van der Waals surface area contributed by atoms with E-state index < -0.39 is 0 Å². The second-order valence-electron chi connectivity index (χ2n) is 4.57. The van der Waals surface area contributed by atoms with Crippen LogP contribution in [0.25, 0.3) is 10.8 Å². The average molecular weight is 228 g/mol. The van der Waals surface area contributed by atoms with Gasteiger partial charge < -0.3 is 10.1 Å². The summed E-state index contributed by atoms with van der Waals surface area (Å²) in [5, 5.41) is 5.99.